The molecule has 0 bridgehead atoms. The number of pyridine rings is 1. The molecule has 6 nitrogen and oxygen atoms in total. The third-order valence-electron chi connectivity index (χ3n) is 5.75. The second kappa shape index (κ2) is 9.00. The Balaban J connectivity index is 1.37. The van der Waals surface area contributed by atoms with Gasteiger partial charge < -0.3 is 20.5 Å². The van der Waals surface area contributed by atoms with E-state index in [0.717, 1.165) is 50.6 Å². The maximum atomic E-state index is 12.1. The van der Waals surface area contributed by atoms with Crippen molar-refractivity contribution in [2.24, 2.45) is 7.05 Å². The number of amides is 2. The lowest BCUT2D eigenvalue weighted by atomic mass is 10.1. The summed E-state index contributed by atoms with van der Waals surface area (Å²) in [5.74, 6) is 0. The molecule has 166 valence electrons. The van der Waals surface area contributed by atoms with Gasteiger partial charge in [0.2, 0.25) is 0 Å². The van der Waals surface area contributed by atoms with Crippen LogP contribution in [0.3, 0.4) is 0 Å². The number of carbonyl (C=O) groups is 1. The lowest BCUT2D eigenvalue weighted by Crippen LogP contribution is -2.30. The molecule has 0 atom stereocenters. The first kappa shape index (κ1) is 21.1. The monoisotopic (exact) mass is 457 g/mol. The van der Waals surface area contributed by atoms with E-state index in [1.807, 2.05) is 67.7 Å². The molecule has 0 fully saturated rings. The number of benzene rings is 3. The second-order valence-electron chi connectivity index (χ2n) is 7.95. The molecule has 0 spiro atoms. The molecule has 0 unspecified atom stereocenters. The lowest BCUT2D eigenvalue weighted by molar-refractivity contribution is 0.252. The van der Waals surface area contributed by atoms with Gasteiger partial charge in [0.15, 0.2) is 0 Å². The molecule has 2 aromatic heterocycles. The number of aromatic nitrogens is 2. The number of hydrogen-bond donors (Lipinski definition) is 3. The fraction of sp³-hybridized carbons (Fsp3) is 0.154. The van der Waals surface area contributed by atoms with Gasteiger partial charge in [-0.1, -0.05) is 48.0 Å². The van der Waals surface area contributed by atoms with Crippen molar-refractivity contribution in [2.45, 2.75) is 6.42 Å². The molecule has 0 saturated heterocycles. The number of nitrogens with one attached hydrogen (secondary N) is 3. The van der Waals surface area contributed by atoms with Crippen molar-refractivity contribution in [3.8, 4) is 0 Å². The van der Waals surface area contributed by atoms with E-state index in [1.54, 1.807) is 0 Å². The van der Waals surface area contributed by atoms with Gasteiger partial charge in [0.25, 0.3) is 0 Å². The fourth-order valence-corrected chi connectivity index (χ4v) is 4.37. The van der Waals surface area contributed by atoms with E-state index in [0.29, 0.717) is 18.1 Å². The van der Waals surface area contributed by atoms with Gasteiger partial charge in [-0.15, -0.1) is 0 Å². The Morgan fingerprint density at radius 1 is 0.970 bits per heavy atom. The first-order chi connectivity index (χ1) is 16.1. The van der Waals surface area contributed by atoms with Gasteiger partial charge in [0.05, 0.1) is 22.1 Å². The Hall–Kier alpha value is -3.77. The molecule has 0 saturated carbocycles. The maximum absolute atomic E-state index is 12.1. The highest BCUT2D eigenvalue weighted by atomic mass is 35.5. The summed E-state index contributed by atoms with van der Waals surface area (Å²) in [7, 11) is 2.04. The number of halogens is 1. The van der Waals surface area contributed by atoms with Crippen molar-refractivity contribution < 1.29 is 4.79 Å². The summed E-state index contributed by atoms with van der Waals surface area (Å²) < 4.78 is 2.12. The Morgan fingerprint density at radius 2 is 1.76 bits per heavy atom. The highest BCUT2D eigenvalue weighted by Gasteiger charge is 2.16. The number of fused-ring (bicyclic) bond motifs is 4. The van der Waals surface area contributed by atoms with Crippen LogP contribution in [0.2, 0.25) is 5.02 Å². The van der Waals surface area contributed by atoms with E-state index in [2.05, 4.69) is 32.7 Å². The van der Waals surface area contributed by atoms with Crippen molar-refractivity contribution in [3.05, 3.63) is 77.8 Å². The van der Waals surface area contributed by atoms with E-state index in [-0.39, 0.29) is 6.03 Å². The van der Waals surface area contributed by atoms with Crippen LogP contribution in [0.4, 0.5) is 16.2 Å². The Morgan fingerprint density at radius 3 is 2.61 bits per heavy atom. The molecule has 2 heterocycles. The van der Waals surface area contributed by atoms with E-state index < -0.39 is 0 Å². The predicted octanol–water partition coefficient (Wildman–Crippen LogP) is 6.16. The van der Waals surface area contributed by atoms with Gasteiger partial charge in [0.1, 0.15) is 5.65 Å². The number of anilines is 2. The van der Waals surface area contributed by atoms with Gasteiger partial charge in [-0.2, -0.15) is 0 Å². The molecule has 0 aliphatic heterocycles. The van der Waals surface area contributed by atoms with Gasteiger partial charge >= 0.3 is 6.03 Å². The minimum Gasteiger partial charge on any atom is -0.384 e. The third-order valence-corrected chi connectivity index (χ3v) is 5.99. The van der Waals surface area contributed by atoms with Crippen LogP contribution >= 0.6 is 11.6 Å². The zero-order valence-corrected chi connectivity index (χ0v) is 19.0. The zero-order chi connectivity index (χ0) is 22.8. The van der Waals surface area contributed by atoms with Gasteiger partial charge in [0, 0.05) is 41.6 Å². The number of hydrogen-bond acceptors (Lipinski definition) is 3. The molecule has 33 heavy (non-hydrogen) atoms. The zero-order valence-electron chi connectivity index (χ0n) is 18.2. The molecule has 3 N–H and O–H groups in total. The van der Waals surface area contributed by atoms with Gasteiger partial charge in [-0.25, -0.2) is 9.78 Å². The van der Waals surface area contributed by atoms with Crippen LogP contribution in [0.25, 0.3) is 32.8 Å². The average molecular weight is 458 g/mol. The maximum Gasteiger partial charge on any atom is 0.319 e. The SMILES string of the molecule is Cn1c2ccccc2c2c(NCCCNC(=O)Nc3ccccc3)c3cc(Cl)ccc3nc21. The Kier molecular flexibility index (Phi) is 5.75. The molecule has 0 radical (unpaired) electrons. The van der Waals surface area contributed by atoms with Crippen LogP contribution in [0.5, 0.6) is 0 Å². The van der Waals surface area contributed by atoms with Gasteiger partial charge in [-0.3, -0.25) is 0 Å². The normalized spacial score (nSPS) is 11.2. The summed E-state index contributed by atoms with van der Waals surface area (Å²) in [4.78, 5) is 17.0. The van der Waals surface area contributed by atoms with Crippen LogP contribution in [-0.4, -0.2) is 28.7 Å². The first-order valence-corrected chi connectivity index (χ1v) is 11.3. The molecule has 7 heteroatoms. The summed E-state index contributed by atoms with van der Waals surface area (Å²) in [6.07, 6.45) is 0.763. The van der Waals surface area contributed by atoms with Crippen molar-refractivity contribution in [3.63, 3.8) is 0 Å². The summed E-state index contributed by atoms with van der Waals surface area (Å²) in [5.41, 5.74) is 4.73. The van der Waals surface area contributed by atoms with Crippen LogP contribution < -0.4 is 16.0 Å². The highest BCUT2D eigenvalue weighted by molar-refractivity contribution is 6.32. The first-order valence-electron chi connectivity index (χ1n) is 10.9. The quantitative estimate of drug-likeness (QED) is 0.267. The molecular weight excluding hydrogens is 434 g/mol. The van der Waals surface area contributed by atoms with E-state index in [4.69, 9.17) is 16.6 Å². The molecular formula is C26H24ClN5O. The van der Waals surface area contributed by atoms with E-state index >= 15 is 0 Å². The van der Waals surface area contributed by atoms with Crippen molar-refractivity contribution in [2.75, 3.05) is 23.7 Å². The third kappa shape index (κ3) is 4.17. The summed E-state index contributed by atoms with van der Waals surface area (Å²) in [6, 6.07) is 23.3. The number of aryl methyl sites for hydroxylation is 1. The van der Waals surface area contributed by atoms with Crippen LogP contribution in [-0.2, 0) is 7.05 Å². The Labute approximate surface area is 196 Å². The number of nitrogens with zero attached hydrogens (tertiary/aromatic N) is 2. The van der Waals surface area contributed by atoms with Gasteiger partial charge in [-0.05, 0) is 42.8 Å². The fourth-order valence-electron chi connectivity index (χ4n) is 4.20. The minimum absolute atomic E-state index is 0.209. The highest BCUT2D eigenvalue weighted by Crippen LogP contribution is 2.38. The number of rotatable bonds is 6. The van der Waals surface area contributed by atoms with Crippen LogP contribution in [0.15, 0.2) is 72.8 Å². The number of urea groups is 1. The van der Waals surface area contributed by atoms with E-state index in [9.17, 15) is 4.79 Å². The molecule has 0 aliphatic rings. The predicted molar refractivity (Wildman–Crippen MR) is 137 cm³/mol. The second-order valence-corrected chi connectivity index (χ2v) is 8.39. The van der Waals surface area contributed by atoms with Crippen molar-refractivity contribution in [1.29, 1.82) is 0 Å². The van der Waals surface area contributed by atoms with Crippen LogP contribution in [0.1, 0.15) is 6.42 Å². The molecule has 5 rings (SSSR count). The largest absolute Gasteiger partial charge is 0.384 e. The summed E-state index contributed by atoms with van der Waals surface area (Å²) in [6.45, 7) is 1.24. The van der Waals surface area contributed by atoms with Crippen LogP contribution in [0, 0.1) is 0 Å². The lowest BCUT2D eigenvalue weighted by Gasteiger charge is -2.13. The smallest absolute Gasteiger partial charge is 0.319 e. The van der Waals surface area contributed by atoms with E-state index in [1.165, 1.54) is 0 Å². The topological polar surface area (TPSA) is 71.0 Å². The number of para-hydroxylation sites is 2. The molecule has 2 amide bonds. The van der Waals surface area contributed by atoms with Crippen molar-refractivity contribution in [1.82, 2.24) is 14.9 Å². The molecule has 5 aromatic rings. The minimum atomic E-state index is -0.209. The standard InChI is InChI=1S/C26H24ClN5O/c1-32-22-11-6-5-10-19(22)23-24(20-16-17(27)12-13-21(20)31-25(23)32)28-14-7-15-29-26(33)30-18-8-3-2-4-9-18/h2-6,8-13,16H,7,14-15H2,1H3,(H,28,31)(H2,29,30,33). The summed E-state index contributed by atoms with van der Waals surface area (Å²) in [5, 5.41) is 13.2. The summed E-state index contributed by atoms with van der Waals surface area (Å²) >= 11 is 6.34. The van der Waals surface area contributed by atoms with Crippen molar-refractivity contribution >= 4 is 61.8 Å². The molecule has 0 aliphatic carbocycles. The number of carbonyl (C=O) groups excluding carboxylic acids is 1. The average Bonchev–Trinajstić information content (AvgIpc) is 3.11. The molecule has 3 aromatic carbocycles. The Bertz CT molecular complexity index is 1460.